The molecule has 1 nitrogen and oxygen atoms in total. The van der Waals surface area contributed by atoms with Crippen molar-refractivity contribution in [2.45, 2.75) is 13.0 Å². The number of aliphatic hydroxyl groups is 1. The van der Waals surface area contributed by atoms with Gasteiger partial charge in [0.1, 0.15) is 6.10 Å². The summed E-state index contributed by atoms with van der Waals surface area (Å²) in [5, 5.41) is 13.9. The van der Waals surface area contributed by atoms with E-state index in [4.69, 9.17) is 11.6 Å². The molecule has 2 aromatic heterocycles. The minimum atomic E-state index is -0.529. The van der Waals surface area contributed by atoms with Gasteiger partial charge < -0.3 is 5.11 Å². The number of aryl methyl sites for hydroxylation is 1. The zero-order valence-corrected chi connectivity index (χ0v) is 9.92. The third-order valence-corrected chi connectivity index (χ3v) is 4.23. The van der Waals surface area contributed by atoms with Gasteiger partial charge in [0, 0.05) is 4.88 Å². The Balaban J connectivity index is 2.33. The Morgan fingerprint density at radius 1 is 1.43 bits per heavy atom. The zero-order valence-electron chi connectivity index (χ0n) is 7.53. The van der Waals surface area contributed by atoms with Crippen LogP contribution < -0.4 is 0 Å². The molecule has 1 unspecified atom stereocenters. The Bertz CT molecular complexity index is 433. The van der Waals surface area contributed by atoms with Gasteiger partial charge in [0.05, 0.1) is 4.34 Å². The molecule has 0 radical (unpaired) electrons. The van der Waals surface area contributed by atoms with Crippen LogP contribution in [0.4, 0.5) is 0 Å². The number of thiophene rings is 2. The molecular formula is C10H9ClOS2. The van der Waals surface area contributed by atoms with E-state index in [1.54, 1.807) is 11.3 Å². The fraction of sp³-hybridized carbons (Fsp3) is 0.200. The number of aliphatic hydroxyl groups excluding tert-OH is 1. The van der Waals surface area contributed by atoms with Gasteiger partial charge in [0.15, 0.2) is 0 Å². The van der Waals surface area contributed by atoms with E-state index in [9.17, 15) is 5.11 Å². The summed E-state index contributed by atoms with van der Waals surface area (Å²) in [5.74, 6) is 0. The summed E-state index contributed by atoms with van der Waals surface area (Å²) >= 11 is 8.84. The summed E-state index contributed by atoms with van der Waals surface area (Å²) in [6.45, 7) is 2.00. The maximum Gasteiger partial charge on any atom is 0.114 e. The van der Waals surface area contributed by atoms with Crippen molar-refractivity contribution in [1.82, 2.24) is 0 Å². The molecule has 0 aliphatic rings. The van der Waals surface area contributed by atoms with Crippen LogP contribution in [0.25, 0.3) is 0 Å². The van der Waals surface area contributed by atoms with Crippen molar-refractivity contribution in [1.29, 1.82) is 0 Å². The predicted molar refractivity (Wildman–Crippen MR) is 62.4 cm³/mol. The van der Waals surface area contributed by atoms with Gasteiger partial charge >= 0.3 is 0 Å². The van der Waals surface area contributed by atoms with E-state index in [2.05, 4.69) is 0 Å². The molecule has 0 spiro atoms. The molecule has 4 heteroatoms. The van der Waals surface area contributed by atoms with Crippen LogP contribution in [0.2, 0.25) is 4.34 Å². The van der Waals surface area contributed by atoms with Crippen LogP contribution in [0.5, 0.6) is 0 Å². The fourth-order valence-corrected chi connectivity index (χ4v) is 3.13. The molecule has 0 aliphatic carbocycles. The Hall–Kier alpha value is -0.350. The van der Waals surface area contributed by atoms with Gasteiger partial charge in [-0.2, -0.15) is 0 Å². The summed E-state index contributed by atoms with van der Waals surface area (Å²) < 4.78 is 0.716. The lowest BCUT2D eigenvalue weighted by atomic mass is 10.1. The van der Waals surface area contributed by atoms with E-state index >= 15 is 0 Å². The number of halogens is 1. The normalized spacial score (nSPS) is 13.1. The summed E-state index contributed by atoms with van der Waals surface area (Å²) in [6.07, 6.45) is -0.529. The molecule has 14 heavy (non-hydrogen) atoms. The topological polar surface area (TPSA) is 20.2 Å². The lowest BCUT2D eigenvalue weighted by Gasteiger charge is -2.07. The van der Waals surface area contributed by atoms with Gasteiger partial charge in [-0.15, -0.1) is 22.7 Å². The third-order valence-electron chi connectivity index (χ3n) is 2.05. The first-order valence-electron chi connectivity index (χ1n) is 4.14. The number of hydrogen-bond donors (Lipinski definition) is 1. The molecule has 0 bridgehead atoms. The van der Waals surface area contributed by atoms with E-state index in [0.29, 0.717) is 4.34 Å². The Kier molecular flexibility index (Phi) is 2.93. The molecule has 2 aromatic rings. The molecule has 0 saturated heterocycles. The first-order valence-corrected chi connectivity index (χ1v) is 6.28. The van der Waals surface area contributed by atoms with Crippen LogP contribution in [0.3, 0.4) is 0 Å². The van der Waals surface area contributed by atoms with E-state index in [-0.39, 0.29) is 0 Å². The highest BCUT2D eigenvalue weighted by Gasteiger charge is 2.15. The van der Waals surface area contributed by atoms with Crippen LogP contribution in [-0.2, 0) is 0 Å². The van der Waals surface area contributed by atoms with Crippen molar-refractivity contribution in [3.05, 3.63) is 43.2 Å². The average Bonchev–Trinajstić information content (AvgIpc) is 2.73. The Morgan fingerprint density at radius 2 is 2.21 bits per heavy atom. The molecule has 0 aromatic carbocycles. The van der Waals surface area contributed by atoms with Crippen molar-refractivity contribution < 1.29 is 5.11 Å². The van der Waals surface area contributed by atoms with Crippen LogP contribution in [0.15, 0.2) is 22.9 Å². The summed E-state index contributed by atoms with van der Waals surface area (Å²) in [4.78, 5) is 1.000. The molecule has 0 aliphatic heterocycles. The number of rotatable bonds is 2. The van der Waals surface area contributed by atoms with Gasteiger partial charge in [-0.25, -0.2) is 0 Å². The smallest absolute Gasteiger partial charge is 0.114 e. The number of hydrogen-bond acceptors (Lipinski definition) is 3. The Labute approximate surface area is 95.6 Å². The van der Waals surface area contributed by atoms with Crippen molar-refractivity contribution in [3.8, 4) is 0 Å². The second-order valence-corrected chi connectivity index (χ2v) is 5.54. The second-order valence-electron chi connectivity index (χ2n) is 3.05. The molecule has 1 atom stereocenters. The van der Waals surface area contributed by atoms with E-state index < -0.39 is 6.10 Å². The van der Waals surface area contributed by atoms with E-state index in [1.807, 2.05) is 29.8 Å². The first-order chi connectivity index (χ1) is 6.68. The van der Waals surface area contributed by atoms with Gasteiger partial charge in [-0.3, -0.25) is 0 Å². The fourth-order valence-electron chi connectivity index (χ4n) is 1.28. The Morgan fingerprint density at radius 3 is 2.71 bits per heavy atom. The molecular weight excluding hydrogens is 236 g/mol. The molecule has 1 N–H and O–H groups in total. The van der Waals surface area contributed by atoms with Gasteiger partial charge in [0.2, 0.25) is 0 Å². The van der Waals surface area contributed by atoms with Crippen LogP contribution in [0.1, 0.15) is 22.1 Å². The second kappa shape index (κ2) is 4.03. The quantitative estimate of drug-likeness (QED) is 0.851. The summed E-state index contributed by atoms with van der Waals surface area (Å²) in [7, 11) is 0. The minimum Gasteiger partial charge on any atom is -0.383 e. The first kappa shape index (κ1) is 10.2. The van der Waals surface area contributed by atoms with Crippen molar-refractivity contribution >= 4 is 34.3 Å². The van der Waals surface area contributed by atoms with Crippen molar-refractivity contribution in [3.63, 3.8) is 0 Å². The standard InChI is InChI=1S/C10H9ClOS2/c1-6-2-3-13-10(6)9(12)7-4-8(11)14-5-7/h2-5,9,12H,1H3. The largest absolute Gasteiger partial charge is 0.383 e. The van der Waals surface area contributed by atoms with Crippen LogP contribution in [0, 0.1) is 6.92 Å². The molecule has 2 heterocycles. The highest BCUT2D eigenvalue weighted by Crippen LogP contribution is 2.32. The lowest BCUT2D eigenvalue weighted by molar-refractivity contribution is 0.224. The molecule has 74 valence electrons. The minimum absolute atomic E-state index is 0.529. The zero-order chi connectivity index (χ0) is 10.1. The van der Waals surface area contributed by atoms with Gasteiger partial charge in [-0.1, -0.05) is 11.6 Å². The monoisotopic (exact) mass is 244 g/mol. The molecule has 0 fully saturated rings. The third kappa shape index (κ3) is 1.86. The molecule has 0 amide bonds. The van der Waals surface area contributed by atoms with E-state index in [1.165, 1.54) is 11.3 Å². The van der Waals surface area contributed by atoms with Gasteiger partial charge in [0.25, 0.3) is 0 Å². The van der Waals surface area contributed by atoms with Crippen LogP contribution >= 0.6 is 34.3 Å². The van der Waals surface area contributed by atoms with E-state index in [0.717, 1.165) is 16.0 Å². The SMILES string of the molecule is Cc1ccsc1C(O)c1csc(Cl)c1. The highest BCUT2D eigenvalue weighted by molar-refractivity contribution is 7.14. The van der Waals surface area contributed by atoms with Crippen LogP contribution in [-0.4, -0.2) is 5.11 Å². The lowest BCUT2D eigenvalue weighted by Crippen LogP contribution is -1.96. The molecule has 0 saturated carbocycles. The maximum absolute atomic E-state index is 10.0. The average molecular weight is 245 g/mol. The highest BCUT2D eigenvalue weighted by atomic mass is 35.5. The summed E-state index contributed by atoms with van der Waals surface area (Å²) in [6, 6.07) is 3.83. The van der Waals surface area contributed by atoms with Gasteiger partial charge in [-0.05, 0) is 40.9 Å². The van der Waals surface area contributed by atoms with Crippen molar-refractivity contribution in [2.24, 2.45) is 0 Å². The predicted octanol–water partition coefficient (Wildman–Crippen LogP) is 3.85. The maximum atomic E-state index is 10.0. The molecule has 2 rings (SSSR count). The summed E-state index contributed by atoms with van der Waals surface area (Å²) in [5.41, 5.74) is 2.01. The van der Waals surface area contributed by atoms with Crippen molar-refractivity contribution in [2.75, 3.05) is 0 Å².